The first-order valence-corrected chi connectivity index (χ1v) is 6.08. The van der Waals surface area contributed by atoms with Gasteiger partial charge in [-0.15, -0.1) is 0 Å². The Balaban J connectivity index is 1.95. The first-order chi connectivity index (χ1) is 7.20. The lowest BCUT2D eigenvalue weighted by Crippen LogP contribution is -2.44. The third kappa shape index (κ3) is 4.49. The summed E-state index contributed by atoms with van der Waals surface area (Å²) in [6.07, 6.45) is 6.29. The van der Waals surface area contributed by atoms with Crippen LogP contribution in [0.1, 0.15) is 39.0 Å². The van der Waals surface area contributed by atoms with E-state index in [1.165, 1.54) is 25.7 Å². The Kier molecular flexibility index (Phi) is 5.58. The summed E-state index contributed by atoms with van der Waals surface area (Å²) in [5, 5.41) is 12.3. The first kappa shape index (κ1) is 12.9. The minimum absolute atomic E-state index is 0.162. The molecule has 1 rings (SSSR count). The molecule has 0 bridgehead atoms. The number of likely N-dealkylation sites (N-methyl/N-ethyl adjacent to an activating group) is 1. The number of ether oxygens (including phenoxy) is 1. The molecule has 0 saturated heterocycles. The van der Waals surface area contributed by atoms with Crippen molar-refractivity contribution in [2.75, 3.05) is 26.9 Å². The van der Waals surface area contributed by atoms with Crippen molar-refractivity contribution >= 4 is 0 Å². The second kappa shape index (κ2) is 6.46. The van der Waals surface area contributed by atoms with Crippen molar-refractivity contribution in [3.05, 3.63) is 0 Å². The van der Waals surface area contributed by atoms with Gasteiger partial charge in [0.05, 0.1) is 6.61 Å². The lowest BCUT2D eigenvalue weighted by atomic mass is 9.83. The summed E-state index contributed by atoms with van der Waals surface area (Å²) in [5.74, 6) is 0.929. The van der Waals surface area contributed by atoms with Crippen molar-refractivity contribution in [1.29, 1.82) is 0 Å². The van der Waals surface area contributed by atoms with E-state index in [0.29, 0.717) is 0 Å². The third-order valence-electron chi connectivity index (χ3n) is 3.65. The third-order valence-corrected chi connectivity index (χ3v) is 3.65. The topological polar surface area (TPSA) is 41.5 Å². The maximum Gasteiger partial charge on any atom is 0.0611 e. The van der Waals surface area contributed by atoms with Crippen LogP contribution in [0.3, 0.4) is 0 Å². The van der Waals surface area contributed by atoms with E-state index in [2.05, 4.69) is 5.32 Å². The maximum absolute atomic E-state index is 9.16. The predicted octanol–water partition coefficient (Wildman–Crippen LogP) is 1.55. The fourth-order valence-corrected chi connectivity index (χ4v) is 1.71. The molecule has 15 heavy (non-hydrogen) atoms. The molecule has 0 aromatic carbocycles. The molecule has 0 aromatic heterocycles. The molecule has 1 aliphatic carbocycles. The number of rotatable bonds is 8. The summed E-state index contributed by atoms with van der Waals surface area (Å²) < 4.78 is 5.59. The highest BCUT2D eigenvalue weighted by Gasteiger charge is 2.20. The Morgan fingerprint density at radius 3 is 2.60 bits per heavy atom. The molecule has 0 spiro atoms. The van der Waals surface area contributed by atoms with Gasteiger partial charge in [0.15, 0.2) is 0 Å². The van der Waals surface area contributed by atoms with Crippen molar-refractivity contribution in [3.8, 4) is 0 Å². The first-order valence-electron chi connectivity index (χ1n) is 6.08. The van der Waals surface area contributed by atoms with E-state index >= 15 is 0 Å². The Bertz CT molecular complexity index is 165. The molecule has 1 aliphatic rings. The second-order valence-electron chi connectivity index (χ2n) is 4.92. The van der Waals surface area contributed by atoms with Crippen LogP contribution < -0.4 is 5.32 Å². The summed E-state index contributed by atoms with van der Waals surface area (Å²) in [6, 6.07) is 0. The van der Waals surface area contributed by atoms with E-state index in [-0.39, 0.29) is 12.1 Å². The fourth-order valence-electron chi connectivity index (χ4n) is 1.71. The molecule has 0 radical (unpaired) electrons. The Morgan fingerprint density at radius 1 is 1.40 bits per heavy atom. The average molecular weight is 215 g/mol. The van der Waals surface area contributed by atoms with Gasteiger partial charge in [-0.05, 0) is 32.7 Å². The van der Waals surface area contributed by atoms with Crippen molar-refractivity contribution in [3.63, 3.8) is 0 Å². The second-order valence-corrected chi connectivity index (χ2v) is 4.92. The van der Waals surface area contributed by atoms with Crippen molar-refractivity contribution in [1.82, 2.24) is 5.32 Å². The van der Waals surface area contributed by atoms with Crippen LogP contribution in [0.5, 0.6) is 0 Å². The highest BCUT2D eigenvalue weighted by Crippen LogP contribution is 2.29. The van der Waals surface area contributed by atoms with Gasteiger partial charge in [-0.1, -0.05) is 19.3 Å². The van der Waals surface area contributed by atoms with E-state index < -0.39 is 0 Å². The number of nitrogens with one attached hydrogen (secondary N) is 1. The maximum atomic E-state index is 9.16. The molecule has 3 heteroatoms. The van der Waals surface area contributed by atoms with Crippen LogP contribution in [0.4, 0.5) is 0 Å². The molecule has 0 aliphatic heterocycles. The highest BCUT2D eigenvalue weighted by molar-refractivity contribution is 4.79. The minimum Gasteiger partial charge on any atom is -0.394 e. The van der Waals surface area contributed by atoms with Crippen LogP contribution >= 0.6 is 0 Å². The lowest BCUT2D eigenvalue weighted by molar-refractivity contribution is 0.0752. The number of hydrogen-bond donors (Lipinski definition) is 2. The van der Waals surface area contributed by atoms with Crippen molar-refractivity contribution in [2.45, 2.75) is 44.6 Å². The number of hydrogen-bond acceptors (Lipinski definition) is 3. The largest absolute Gasteiger partial charge is 0.394 e. The van der Waals surface area contributed by atoms with E-state index in [1.807, 2.05) is 14.0 Å². The zero-order valence-corrected chi connectivity index (χ0v) is 10.1. The molecule has 1 unspecified atom stereocenters. The summed E-state index contributed by atoms with van der Waals surface area (Å²) in [7, 11) is 1.88. The zero-order chi connectivity index (χ0) is 11.1. The number of aliphatic hydroxyl groups excluding tert-OH is 1. The van der Waals surface area contributed by atoms with Gasteiger partial charge in [-0.25, -0.2) is 0 Å². The molecule has 0 aromatic rings. The minimum atomic E-state index is -0.184. The van der Waals surface area contributed by atoms with E-state index in [0.717, 1.165) is 25.6 Å². The Morgan fingerprint density at radius 2 is 2.13 bits per heavy atom. The SMILES string of the molecule is CNC(C)(CO)CCOCCC1CCC1. The van der Waals surface area contributed by atoms with Crippen LogP contribution in [-0.4, -0.2) is 37.5 Å². The van der Waals surface area contributed by atoms with E-state index in [4.69, 9.17) is 9.84 Å². The smallest absolute Gasteiger partial charge is 0.0611 e. The molecule has 1 saturated carbocycles. The van der Waals surface area contributed by atoms with Crippen LogP contribution in [-0.2, 0) is 4.74 Å². The molecule has 2 N–H and O–H groups in total. The molecule has 1 fully saturated rings. The molecule has 3 nitrogen and oxygen atoms in total. The molecule has 0 amide bonds. The normalized spacial score (nSPS) is 21.0. The molecular formula is C12H25NO2. The molecular weight excluding hydrogens is 190 g/mol. The van der Waals surface area contributed by atoms with Gasteiger partial charge in [-0.2, -0.15) is 0 Å². The standard InChI is InChI=1S/C12H25NO2/c1-12(10-14,13-2)7-9-15-8-6-11-4-3-5-11/h11,13-14H,3-10H2,1-2H3. The van der Waals surface area contributed by atoms with Gasteiger partial charge in [0.1, 0.15) is 0 Å². The van der Waals surface area contributed by atoms with Crippen LogP contribution in [0.2, 0.25) is 0 Å². The zero-order valence-electron chi connectivity index (χ0n) is 10.1. The average Bonchev–Trinajstić information content (AvgIpc) is 2.20. The van der Waals surface area contributed by atoms with Crippen molar-refractivity contribution in [2.24, 2.45) is 5.92 Å². The highest BCUT2D eigenvalue weighted by atomic mass is 16.5. The van der Waals surface area contributed by atoms with Crippen LogP contribution in [0.25, 0.3) is 0 Å². The monoisotopic (exact) mass is 215 g/mol. The van der Waals surface area contributed by atoms with E-state index in [1.54, 1.807) is 0 Å². The summed E-state index contributed by atoms with van der Waals surface area (Å²) >= 11 is 0. The molecule has 0 heterocycles. The lowest BCUT2D eigenvalue weighted by Gasteiger charge is -2.27. The van der Waals surface area contributed by atoms with Crippen LogP contribution in [0, 0.1) is 5.92 Å². The van der Waals surface area contributed by atoms with E-state index in [9.17, 15) is 0 Å². The quantitative estimate of drug-likeness (QED) is 0.604. The summed E-state index contributed by atoms with van der Waals surface area (Å²) in [4.78, 5) is 0. The van der Waals surface area contributed by atoms with Gasteiger partial charge in [0.2, 0.25) is 0 Å². The summed E-state index contributed by atoms with van der Waals surface area (Å²) in [6.45, 7) is 3.80. The van der Waals surface area contributed by atoms with Crippen LogP contribution in [0.15, 0.2) is 0 Å². The fraction of sp³-hybridized carbons (Fsp3) is 1.00. The van der Waals surface area contributed by atoms with Gasteiger partial charge in [0.25, 0.3) is 0 Å². The van der Waals surface area contributed by atoms with Gasteiger partial charge in [0, 0.05) is 18.8 Å². The number of aliphatic hydroxyl groups is 1. The van der Waals surface area contributed by atoms with Gasteiger partial charge < -0.3 is 15.2 Å². The van der Waals surface area contributed by atoms with Gasteiger partial charge >= 0.3 is 0 Å². The van der Waals surface area contributed by atoms with Crippen molar-refractivity contribution < 1.29 is 9.84 Å². The Labute approximate surface area is 93.2 Å². The predicted molar refractivity (Wildman–Crippen MR) is 61.9 cm³/mol. The van der Waals surface area contributed by atoms with Gasteiger partial charge in [-0.3, -0.25) is 0 Å². The molecule has 90 valence electrons. The molecule has 1 atom stereocenters. The summed E-state index contributed by atoms with van der Waals surface area (Å²) in [5.41, 5.74) is -0.184. The Hall–Kier alpha value is -0.120.